The molecule has 0 saturated heterocycles. The molecule has 100 valence electrons. The molecule has 0 bridgehead atoms. The molecule has 0 unspecified atom stereocenters. The highest BCUT2D eigenvalue weighted by Gasteiger charge is 2.07. The number of benzene rings is 1. The Morgan fingerprint density at radius 2 is 2.00 bits per heavy atom. The van der Waals surface area contributed by atoms with Crippen molar-refractivity contribution in [1.29, 1.82) is 0 Å². The minimum absolute atomic E-state index is 0.177. The number of H-pyrrole nitrogens is 1. The lowest BCUT2D eigenvalue weighted by Crippen LogP contribution is -2.24. The Kier molecular flexibility index (Phi) is 4.82. The third-order valence-corrected chi connectivity index (χ3v) is 2.99. The van der Waals surface area contributed by atoms with Gasteiger partial charge in [0.2, 0.25) is 0 Å². The lowest BCUT2D eigenvalue weighted by atomic mass is 10.2. The van der Waals surface area contributed by atoms with Crippen molar-refractivity contribution in [3.05, 3.63) is 52.0 Å². The van der Waals surface area contributed by atoms with Crippen LogP contribution < -0.4 is 5.32 Å². The maximum absolute atomic E-state index is 11.9. The molecule has 1 heterocycles. The van der Waals surface area contributed by atoms with Gasteiger partial charge in [-0.25, -0.2) is 4.98 Å². The van der Waals surface area contributed by atoms with Gasteiger partial charge in [0.05, 0.1) is 0 Å². The normalized spacial score (nSPS) is 10.4. The number of rotatable bonds is 5. The molecule has 1 aromatic carbocycles. The molecule has 2 rings (SSSR count). The van der Waals surface area contributed by atoms with Crippen LogP contribution in [-0.2, 0) is 6.42 Å². The van der Waals surface area contributed by atoms with Gasteiger partial charge in [-0.15, -0.1) is 0 Å². The molecule has 1 aromatic heterocycles. The predicted octanol–water partition coefficient (Wildman–Crippen LogP) is 3.08. The Labute approximate surface area is 121 Å². The Morgan fingerprint density at radius 1 is 1.26 bits per heavy atom. The topological polar surface area (TPSA) is 57.8 Å². The van der Waals surface area contributed by atoms with Crippen molar-refractivity contribution in [3.8, 4) is 0 Å². The third kappa shape index (κ3) is 4.26. The number of imidazole rings is 1. The molecule has 2 aromatic rings. The first kappa shape index (κ1) is 13.9. The molecular formula is C13H13Cl2N3O. The molecule has 0 radical (unpaired) electrons. The van der Waals surface area contributed by atoms with Crippen LogP contribution in [0.2, 0.25) is 10.0 Å². The lowest BCUT2D eigenvalue weighted by Gasteiger charge is -2.05. The summed E-state index contributed by atoms with van der Waals surface area (Å²) in [7, 11) is 0. The van der Waals surface area contributed by atoms with Crippen LogP contribution in [0.25, 0.3) is 0 Å². The first-order valence-electron chi connectivity index (χ1n) is 5.88. The van der Waals surface area contributed by atoms with Gasteiger partial charge in [-0.3, -0.25) is 4.79 Å². The molecule has 0 aliphatic carbocycles. The number of halogens is 2. The second-order valence-corrected chi connectivity index (χ2v) is 4.93. The molecule has 0 atom stereocenters. The summed E-state index contributed by atoms with van der Waals surface area (Å²) >= 11 is 11.7. The Hall–Kier alpha value is -1.52. The van der Waals surface area contributed by atoms with Crippen LogP contribution in [0.3, 0.4) is 0 Å². The summed E-state index contributed by atoms with van der Waals surface area (Å²) in [6.07, 6.45) is 5.10. The van der Waals surface area contributed by atoms with E-state index in [4.69, 9.17) is 23.2 Å². The van der Waals surface area contributed by atoms with E-state index in [1.54, 1.807) is 30.6 Å². The summed E-state index contributed by atoms with van der Waals surface area (Å²) in [5.41, 5.74) is 0.468. The molecule has 0 saturated carbocycles. The smallest absolute Gasteiger partial charge is 0.251 e. The van der Waals surface area contributed by atoms with E-state index in [1.165, 1.54) is 0 Å². The van der Waals surface area contributed by atoms with Crippen LogP contribution in [0.4, 0.5) is 0 Å². The largest absolute Gasteiger partial charge is 0.352 e. The summed E-state index contributed by atoms with van der Waals surface area (Å²) in [6.45, 7) is 0.573. The molecule has 4 nitrogen and oxygen atoms in total. The molecule has 0 aliphatic heterocycles. The van der Waals surface area contributed by atoms with Crippen molar-refractivity contribution in [2.45, 2.75) is 12.8 Å². The molecule has 2 N–H and O–H groups in total. The van der Waals surface area contributed by atoms with Crippen LogP contribution in [-0.4, -0.2) is 22.4 Å². The number of nitrogens with one attached hydrogen (secondary N) is 2. The first-order valence-corrected chi connectivity index (χ1v) is 6.63. The van der Waals surface area contributed by atoms with Gasteiger partial charge in [0.15, 0.2) is 0 Å². The summed E-state index contributed by atoms with van der Waals surface area (Å²) in [5.74, 6) is 0.740. The predicted molar refractivity (Wildman–Crippen MR) is 75.7 cm³/mol. The minimum atomic E-state index is -0.177. The SMILES string of the molecule is O=C(NCCCc1ncc[nH]1)c1cc(Cl)cc(Cl)c1. The Balaban J connectivity index is 1.80. The van der Waals surface area contributed by atoms with E-state index in [2.05, 4.69) is 15.3 Å². The molecule has 0 spiro atoms. The van der Waals surface area contributed by atoms with Crippen molar-refractivity contribution in [2.75, 3.05) is 6.54 Å². The fraction of sp³-hybridized carbons (Fsp3) is 0.231. The Morgan fingerprint density at radius 3 is 2.63 bits per heavy atom. The second kappa shape index (κ2) is 6.59. The van der Waals surface area contributed by atoms with E-state index in [9.17, 15) is 4.79 Å². The van der Waals surface area contributed by atoms with Gasteiger partial charge < -0.3 is 10.3 Å². The standard InChI is InChI=1S/C13H13Cl2N3O/c14-10-6-9(7-11(15)8-10)13(19)18-3-1-2-12-16-4-5-17-12/h4-8H,1-3H2,(H,16,17)(H,18,19). The van der Waals surface area contributed by atoms with Crippen molar-refractivity contribution in [2.24, 2.45) is 0 Å². The summed E-state index contributed by atoms with van der Waals surface area (Å²) in [4.78, 5) is 19.0. The van der Waals surface area contributed by atoms with Crippen molar-refractivity contribution < 1.29 is 4.79 Å². The van der Waals surface area contributed by atoms with E-state index in [0.29, 0.717) is 22.2 Å². The zero-order chi connectivity index (χ0) is 13.7. The van der Waals surface area contributed by atoms with Gasteiger partial charge in [0.25, 0.3) is 5.91 Å². The highest BCUT2D eigenvalue weighted by molar-refractivity contribution is 6.35. The van der Waals surface area contributed by atoms with E-state index < -0.39 is 0 Å². The Bertz CT molecular complexity index is 535. The maximum Gasteiger partial charge on any atom is 0.251 e. The number of amides is 1. The van der Waals surface area contributed by atoms with Crippen LogP contribution in [0.1, 0.15) is 22.6 Å². The number of carbonyl (C=O) groups is 1. The lowest BCUT2D eigenvalue weighted by molar-refractivity contribution is 0.0953. The fourth-order valence-corrected chi connectivity index (χ4v) is 2.21. The third-order valence-electron chi connectivity index (χ3n) is 2.56. The van der Waals surface area contributed by atoms with E-state index in [0.717, 1.165) is 18.7 Å². The molecule has 19 heavy (non-hydrogen) atoms. The number of carbonyl (C=O) groups excluding carboxylic acids is 1. The average molecular weight is 298 g/mol. The summed E-state index contributed by atoms with van der Waals surface area (Å²) < 4.78 is 0. The zero-order valence-electron chi connectivity index (χ0n) is 10.1. The molecule has 6 heteroatoms. The minimum Gasteiger partial charge on any atom is -0.352 e. The summed E-state index contributed by atoms with van der Waals surface area (Å²) in [5, 5.41) is 3.72. The summed E-state index contributed by atoms with van der Waals surface area (Å²) in [6, 6.07) is 4.78. The number of aromatic amines is 1. The van der Waals surface area contributed by atoms with Crippen LogP contribution >= 0.6 is 23.2 Å². The molecule has 1 amide bonds. The number of aromatic nitrogens is 2. The number of hydrogen-bond acceptors (Lipinski definition) is 2. The van der Waals surface area contributed by atoms with E-state index in [1.807, 2.05) is 0 Å². The van der Waals surface area contributed by atoms with E-state index in [-0.39, 0.29) is 5.91 Å². The van der Waals surface area contributed by atoms with Gasteiger partial charge in [-0.2, -0.15) is 0 Å². The maximum atomic E-state index is 11.9. The van der Waals surface area contributed by atoms with Gasteiger partial charge >= 0.3 is 0 Å². The van der Waals surface area contributed by atoms with Gasteiger partial charge in [-0.1, -0.05) is 23.2 Å². The van der Waals surface area contributed by atoms with Crippen molar-refractivity contribution >= 4 is 29.1 Å². The van der Waals surface area contributed by atoms with Crippen LogP contribution in [0.15, 0.2) is 30.6 Å². The highest BCUT2D eigenvalue weighted by Crippen LogP contribution is 2.18. The monoisotopic (exact) mass is 297 g/mol. The van der Waals surface area contributed by atoms with Crippen molar-refractivity contribution in [1.82, 2.24) is 15.3 Å². The van der Waals surface area contributed by atoms with Crippen molar-refractivity contribution in [3.63, 3.8) is 0 Å². The van der Waals surface area contributed by atoms with Gasteiger partial charge in [0.1, 0.15) is 5.82 Å². The molecular weight excluding hydrogens is 285 g/mol. The highest BCUT2D eigenvalue weighted by atomic mass is 35.5. The van der Waals surface area contributed by atoms with Gasteiger partial charge in [0, 0.05) is 41.0 Å². The number of hydrogen-bond donors (Lipinski definition) is 2. The average Bonchev–Trinajstić information content (AvgIpc) is 2.86. The van der Waals surface area contributed by atoms with Crippen LogP contribution in [0, 0.1) is 0 Å². The second-order valence-electron chi connectivity index (χ2n) is 4.05. The zero-order valence-corrected chi connectivity index (χ0v) is 11.6. The molecule has 0 aliphatic rings. The van der Waals surface area contributed by atoms with E-state index >= 15 is 0 Å². The number of nitrogens with zero attached hydrogens (tertiary/aromatic N) is 1. The fourth-order valence-electron chi connectivity index (χ4n) is 1.68. The van der Waals surface area contributed by atoms with Crippen LogP contribution in [0.5, 0.6) is 0 Å². The molecule has 0 fully saturated rings. The first-order chi connectivity index (χ1) is 9.15. The number of aryl methyl sites for hydroxylation is 1. The van der Waals surface area contributed by atoms with Gasteiger partial charge in [-0.05, 0) is 24.6 Å². The quantitative estimate of drug-likeness (QED) is 0.833.